The van der Waals surface area contributed by atoms with Crippen molar-refractivity contribution in [1.82, 2.24) is 0 Å². The standard InChI is InChI=1S/C23H18O2/c1-16-12-13-21-19(14-16)22(24)20(15-17-8-4-2-5-9-17)23(25-21)18-10-6-3-7-11-18/h2-15,23H,1H3/b20-15-. The smallest absolute Gasteiger partial charge is 0.196 e. The van der Waals surface area contributed by atoms with E-state index in [0.717, 1.165) is 16.7 Å². The van der Waals surface area contributed by atoms with Gasteiger partial charge in [0.1, 0.15) is 5.75 Å². The number of hydrogen-bond donors (Lipinski definition) is 0. The summed E-state index contributed by atoms with van der Waals surface area (Å²) in [5.74, 6) is 0.678. The highest BCUT2D eigenvalue weighted by Crippen LogP contribution is 2.39. The summed E-state index contributed by atoms with van der Waals surface area (Å²) in [7, 11) is 0. The summed E-state index contributed by atoms with van der Waals surface area (Å²) >= 11 is 0. The summed E-state index contributed by atoms with van der Waals surface area (Å²) in [5, 5.41) is 0. The zero-order valence-corrected chi connectivity index (χ0v) is 14.0. The van der Waals surface area contributed by atoms with Crippen molar-refractivity contribution in [2.45, 2.75) is 13.0 Å². The van der Waals surface area contributed by atoms with E-state index >= 15 is 0 Å². The zero-order valence-electron chi connectivity index (χ0n) is 14.0. The van der Waals surface area contributed by atoms with Crippen LogP contribution < -0.4 is 4.74 Å². The molecule has 1 aliphatic rings. The van der Waals surface area contributed by atoms with Crippen LogP contribution in [0.25, 0.3) is 6.08 Å². The maximum Gasteiger partial charge on any atom is 0.196 e. The Hall–Kier alpha value is -3.13. The quantitative estimate of drug-likeness (QED) is 0.590. The Kier molecular flexibility index (Phi) is 3.95. The molecule has 0 saturated carbocycles. The average molecular weight is 326 g/mol. The van der Waals surface area contributed by atoms with E-state index in [1.807, 2.05) is 91.9 Å². The Balaban J connectivity index is 1.87. The highest BCUT2D eigenvalue weighted by atomic mass is 16.5. The topological polar surface area (TPSA) is 26.3 Å². The van der Waals surface area contributed by atoms with Crippen LogP contribution in [0.15, 0.2) is 84.4 Å². The van der Waals surface area contributed by atoms with E-state index in [-0.39, 0.29) is 5.78 Å². The van der Waals surface area contributed by atoms with Crippen molar-refractivity contribution < 1.29 is 9.53 Å². The number of benzene rings is 3. The molecule has 122 valence electrons. The first-order valence-electron chi connectivity index (χ1n) is 8.36. The number of carbonyl (C=O) groups is 1. The fraction of sp³-hybridized carbons (Fsp3) is 0.0870. The third-order valence-corrected chi connectivity index (χ3v) is 4.39. The maximum absolute atomic E-state index is 13.2. The van der Waals surface area contributed by atoms with E-state index < -0.39 is 6.10 Å². The molecule has 3 aromatic rings. The van der Waals surface area contributed by atoms with Crippen molar-refractivity contribution in [3.63, 3.8) is 0 Å². The third kappa shape index (κ3) is 2.99. The van der Waals surface area contributed by atoms with Crippen molar-refractivity contribution in [2.24, 2.45) is 0 Å². The summed E-state index contributed by atoms with van der Waals surface area (Å²) in [6, 6.07) is 25.5. The van der Waals surface area contributed by atoms with Gasteiger partial charge < -0.3 is 4.74 Å². The van der Waals surface area contributed by atoms with E-state index in [0.29, 0.717) is 16.9 Å². The Labute approximate surface area is 147 Å². The molecule has 1 atom stereocenters. The first-order valence-corrected chi connectivity index (χ1v) is 8.36. The average Bonchev–Trinajstić information content (AvgIpc) is 2.66. The van der Waals surface area contributed by atoms with E-state index in [1.54, 1.807) is 0 Å². The molecule has 0 spiro atoms. The van der Waals surface area contributed by atoms with Crippen LogP contribution in [0.5, 0.6) is 5.75 Å². The summed E-state index contributed by atoms with van der Waals surface area (Å²) in [6.45, 7) is 1.98. The van der Waals surface area contributed by atoms with Crippen LogP contribution in [0.4, 0.5) is 0 Å². The fourth-order valence-corrected chi connectivity index (χ4v) is 3.13. The fourth-order valence-electron chi connectivity index (χ4n) is 3.13. The normalized spacial score (nSPS) is 17.9. The number of fused-ring (bicyclic) bond motifs is 1. The second kappa shape index (κ2) is 6.40. The third-order valence-electron chi connectivity index (χ3n) is 4.39. The molecule has 0 fully saturated rings. The van der Waals surface area contributed by atoms with E-state index in [4.69, 9.17) is 4.74 Å². The Bertz CT molecular complexity index is 940. The predicted molar refractivity (Wildman–Crippen MR) is 99.7 cm³/mol. The van der Waals surface area contributed by atoms with E-state index in [2.05, 4.69) is 0 Å². The van der Waals surface area contributed by atoms with Crippen LogP contribution in [-0.2, 0) is 0 Å². The van der Waals surface area contributed by atoms with Gasteiger partial charge in [0.05, 0.1) is 5.56 Å². The molecule has 0 radical (unpaired) electrons. The number of carbonyl (C=O) groups excluding carboxylic acids is 1. The molecular formula is C23H18O2. The zero-order chi connectivity index (χ0) is 17.2. The van der Waals surface area contributed by atoms with Crippen LogP contribution in [-0.4, -0.2) is 5.78 Å². The van der Waals surface area contributed by atoms with Crippen LogP contribution in [0.2, 0.25) is 0 Å². The molecule has 0 aliphatic carbocycles. The van der Waals surface area contributed by atoms with Gasteiger partial charge in [0.15, 0.2) is 11.9 Å². The van der Waals surface area contributed by atoms with Gasteiger partial charge in [-0.3, -0.25) is 4.79 Å². The first kappa shape index (κ1) is 15.4. The molecule has 0 N–H and O–H groups in total. The second-order valence-corrected chi connectivity index (χ2v) is 6.25. The van der Waals surface area contributed by atoms with Crippen molar-refractivity contribution in [1.29, 1.82) is 0 Å². The van der Waals surface area contributed by atoms with Gasteiger partial charge in [-0.2, -0.15) is 0 Å². The molecule has 2 heteroatoms. The summed E-state index contributed by atoms with van der Waals surface area (Å²) in [5.41, 5.74) is 4.31. The van der Waals surface area contributed by atoms with Crippen LogP contribution in [0.3, 0.4) is 0 Å². The van der Waals surface area contributed by atoms with Crippen LogP contribution in [0, 0.1) is 6.92 Å². The number of Topliss-reactive ketones (excluding diaryl/α,β-unsaturated/α-hetero) is 1. The highest BCUT2D eigenvalue weighted by Gasteiger charge is 2.32. The van der Waals surface area contributed by atoms with Gasteiger partial charge in [-0.1, -0.05) is 72.3 Å². The lowest BCUT2D eigenvalue weighted by Crippen LogP contribution is -2.23. The highest BCUT2D eigenvalue weighted by molar-refractivity contribution is 6.14. The van der Waals surface area contributed by atoms with Crippen molar-refractivity contribution in [3.05, 3.63) is 107 Å². The van der Waals surface area contributed by atoms with Gasteiger partial charge in [0.2, 0.25) is 0 Å². The number of hydrogen-bond acceptors (Lipinski definition) is 2. The minimum Gasteiger partial charge on any atom is -0.480 e. The van der Waals surface area contributed by atoms with Crippen molar-refractivity contribution >= 4 is 11.9 Å². The molecular weight excluding hydrogens is 308 g/mol. The molecule has 1 heterocycles. The van der Waals surface area contributed by atoms with Gasteiger partial charge in [-0.05, 0) is 36.3 Å². The molecule has 4 rings (SSSR count). The molecule has 2 nitrogen and oxygen atoms in total. The molecule has 1 aliphatic heterocycles. The van der Waals surface area contributed by atoms with Crippen LogP contribution >= 0.6 is 0 Å². The van der Waals surface area contributed by atoms with Gasteiger partial charge in [-0.25, -0.2) is 0 Å². The SMILES string of the molecule is Cc1ccc2c(c1)C(=O)/C(=C/c1ccccc1)C(c1ccccc1)O2. The number of ketones is 1. The van der Waals surface area contributed by atoms with Gasteiger partial charge in [-0.15, -0.1) is 0 Å². The van der Waals surface area contributed by atoms with Crippen molar-refractivity contribution in [3.8, 4) is 5.75 Å². The van der Waals surface area contributed by atoms with Gasteiger partial charge in [0, 0.05) is 5.57 Å². The summed E-state index contributed by atoms with van der Waals surface area (Å²) in [6.07, 6.45) is 1.54. The predicted octanol–water partition coefficient (Wildman–Crippen LogP) is 5.40. The number of rotatable bonds is 2. The lowest BCUT2D eigenvalue weighted by molar-refractivity contribution is 0.0963. The van der Waals surface area contributed by atoms with Crippen molar-refractivity contribution in [2.75, 3.05) is 0 Å². The molecule has 25 heavy (non-hydrogen) atoms. The molecule has 3 aromatic carbocycles. The Morgan fingerprint density at radius 1 is 0.880 bits per heavy atom. The number of ether oxygens (including phenoxy) is 1. The first-order chi connectivity index (χ1) is 12.2. The minimum atomic E-state index is -0.399. The number of aryl methyl sites for hydroxylation is 1. The summed E-state index contributed by atoms with van der Waals surface area (Å²) < 4.78 is 6.24. The van der Waals surface area contributed by atoms with Crippen LogP contribution in [0.1, 0.15) is 33.2 Å². The molecule has 0 bridgehead atoms. The maximum atomic E-state index is 13.2. The Morgan fingerprint density at radius 3 is 2.28 bits per heavy atom. The largest absolute Gasteiger partial charge is 0.480 e. The monoisotopic (exact) mass is 326 g/mol. The Morgan fingerprint density at radius 2 is 1.56 bits per heavy atom. The summed E-state index contributed by atoms with van der Waals surface area (Å²) in [4.78, 5) is 13.2. The molecule has 0 saturated heterocycles. The van der Waals surface area contributed by atoms with Gasteiger partial charge >= 0.3 is 0 Å². The lowest BCUT2D eigenvalue weighted by atomic mass is 9.89. The minimum absolute atomic E-state index is 0.0302. The molecule has 0 amide bonds. The molecule has 1 unspecified atom stereocenters. The van der Waals surface area contributed by atoms with Gasteiger partial charge in [0.25, 0.3) is 0 Å². The second-order valence-electron chi connectivity index (χ2n) is 6.25. The van der Waals surface area contributed by atoms with E-state index in [9.17, 15) is 4.79 Å². The van der Waals surface area contributed by atoms with E-state index in [1.165, 1.54) is 0 Å². The lowest BCUT2D eigenvalue weighted by Gasteiger charge is -2.28. The molecule has 0 aromatic heterocycles.